The SMILES string of the molecule is O=C(Oc1cccc(-c2ccccc2)c1O)c1ccccc1. The van der Waals surface area contributed by atoms with Crippen molar-refractivity contribution in [2.45, 2.75) is 0 Å². The van der Waals surface area contributed by atoms with Crippen molar-refractivity contribution in [2.24, 2.45) is 0 Å². The average molecular weight is 290 g/mol. The van der Waals surface area contributed by atoms with E-state index in [0.717, 1.165) is 5.56 Å². The number of carbonyl (C=O) groups is 1. The highest BCUT2D eigenvalue weighted by atomic mass is 16.5. The summed E-state index contributed by atoms with van der Waals surface area (Å²) >= 11 is 0. The van der Waals surface area contributed by atoms with Crippen LogP contribution in [0.4, 0.5) is 0 Å². The van der Waals surface area contributed by atoms with Crippen molar-refractivity contribution in [1.82, 2.24) is 0 Å². The van der Waals surface area contributed by atoms with E-state index in [0.29, 0.717) is 11.1 Å². The summed E-state index contributed by atoms with van der Waals surface area (Å²) in [6.07, 6.45) is 0. The lowest BCUT2D eigenvalue weighted by Crippen LogP contribution is -2.08. The summed E-state index contributed by atoms with van der Waals surface area (Å²) in [4.78, 5) is 12.1. The minimum Gasteiger partial charge on any atom is -0.504 e. The fourth-order valence-corrected chi connectivity index (χ4v) is 2.19. The molecule has 0 heterocycles. The standard InChI is InChI=1S/C19H14O3/c20-18-16(14-8-3-1-4-9-14)12-7-13-17(18)22-19(21)15-10-5-2-6-11-15/h1-13,20H. The van der Waals surface area contributed by atoms with Crippen molar-refractivity contribution in [3.8, 4) is 22.6 Å². The van der Waals surface area contributed by atoms with Crippen LogP contribution in [0, 0.1) is 0 Å². The molecule has 3 aromatic carbocycles. The molecule has 0 unspecified atom stereocenters. The molecule has 0 fully saturated rings. The Balaban J connectivity index is 1.91. The van der Waals surface area contributed by atoms with Crippen LogP contribution in [0.25, 0.3) is 11.1 Å². The topological polar surface area (TPSA) is 46.5 Å². The normalized spacial score (nSPS) is 10.2. The first-order chi connectivity index (χ1) is 10.8. The van der Waals surface area contributed by atoms with Crippen LogP contribution in [0.2, 0.25) is 0 Å². The minimum atomic E-state index is -0.499. The lowest BCUT2D eigenvalue weighted by molar-refractivity contribution is 0.0730. The quantitative estimate of drug-likeness (QED) is 0.578. The molecule has 0 aliphatic carbocycles. The second-order valence-electron chi connectivity index (χ2n) is 4.77. The summed E-state index contributed by atoms with van der Waals surface area (Å²) in [5.74, 6) is -0.394. The lowest BCUT2D eigenvalue weighted by Gasteiger charge is -2.10. The van der Waals surface area contributed by atoms with E-state index < -0.39 is 5.97 Å². The third kappa shape index (κ3) is 2.83. The average Bonchev–Trinajstić information content (AvgIpc) is 2.58. The van der Waals surface area contributed by atoms with Gasteiger partial charge in [-0.1, -0.05) is 60.7 Å². The van der Waals surface area contributed by atoms with Gasteiger partial charge in [0, 0.05) is 5.56 Å². The number of phenols is 1. The van der Waals surface area contributed by atoms with Crippen LogP contribution in [0.3, 0.4) is 0 Å². The van der Waals surface area contributed by atoms with Gasteiger partial charge in [-0.05, 0) is 23.8 Å². The zero-order chi connectivity index (χ0) is 15.4. The summed E-state index contributed by atoms with van der Waals surface area (Å²) in [5.41, 5.74) is 1.92. The van der Waals surface area contributed by atoms with Crippen LogP contribution in [0.15, 0.2) is 78.9 Å². The van der Waals surface area contributed by atoms with Crippen molar-refractivity contribution in [3.05, 3.63) is 84.4 Å². The fraction of sp³-hybridized carbons (Fsp3) is 0. The Labute approximate surface area is 128 Å². The molecule has 0 saturated carbocycles. The van der Waals surface area contributed by atoms with Gasteiger partial charge < -0.3 is 9.84 Å². The molecule has 0 saturated heterocycles. The molecule has 0 radical (unpaired) electrons. The van der Waals surface area contributed by atoms with Gasteiger partial charge in [0.15, 0.2) is 11.5 Å². The van der Waals surface area contributed by atoms with Crippen LogP contribution in [0.5, 0.6) is 11.5 Å². The monoisotopic (exact) mass is 290 g/mol. The Morgan fingerprint density at radius 2 is 1.41 bits per heavy atom. The van der Waals surface area contributed by atoms with Crippen LogP contribution in [-0.2, 0) is 0 Å². The number of ether oxygens (including phenoxy) is 1. The molecule has 0 bridgehead atoms. The van der Waals surface area contributed by atoms with E-state index in [9.17, 15) is 9.90 Å². The van der Waals surface area contributed by atoms with Crippen LogP contribution < -0.4 is 4.74 Å². The van der Waals surface area contributed by atoms with Gasteiger partial charge in [0.1, 0.15) is 0 Å². The Bertz CT molecular complexity index is 780. The summed E-state index contributed by atoms with van der Waals surface area (Å²) in [6, 6.07) is 23.2. The van der Waals surface area contributed by atoms with Crippen LogP contribution >= 0.6 is 0 Å². The number of esters is 1. The fourth-order valence-electron chi connectivity index (χ4n) is 2.19. The number of carbonyl (C=O) groups excluding carboxylic acids is 1. The summed E-state index contributed by atoms with van der Waals surface area (Å²) < 4.78 is 5.30. The number of hydrogen-bond acceptors (Lipinski definition) is 3. The van der Waals surface area contributed by atoms with Gasteiger partial charge in [0.25, 0.3) is 0 Å². The predicted octanol–water partition coefficient (Wildman–Crippen LogP) is 4.28. The third-order valence-electron chi connectivity index (χ3n) is 3.30. The van der Waals surface area contributed by atoms with E-state index >= 15 is 0 Å². The second kappa shape index (κ2) is 6.14. The molecule has 108 valence electrons. The first kappa shape index (κ1) is 13.9. The van der Waals surface area contributed by atoms with Crippen LogP contribution in [-0.4, -0.2) is 11.1 Å². The van der Waals surface area contributed by atoms with E-state index in [1.165, 1.54) is 0 Å². The molecule has 3 nitrogen and oxygen atoms in total. The highest BCUT2D eigenvalue weighted by Crippen LogP contribution is 2.37. The maximum absolute atomic E-state index is 12.1. The molecule has 22 heavy (non-hydrogen) atoms. The summed E-state index contributed by atoms with van der Waals surface area (Å²) in [5, 5.41) is 10.4. The molecule has 0 aliphatic rings. The molecule has 1 N–H and O–H groups in total. The number of aromatic hydroxyl groups is 1. The van der Waals surface area contributed by atoms with E-state index in [-0.39, 0.29) is 11.5 Å². The lowest BCUT2D eigenvalue weighted by atomic mass is 10.0. The van der Waals surface area contributed by atoms with Crippen molar-refractivity contribution in [3.63, 3.8) is 0 Å². The zero-order valence-electron chi connectivity index (χ0n) is 11.8. The van der Waals surface area contributed by atoms with Gasteiger partial charge in [-0.2, -0.15) is 0 Å². The molecular formula is C19H14O3. The van der Waals surface area contributed by atoms with Gasteiger partial charge in [-0.15, -0.1) is 0 Å². The molecule has 0 spiro atoms. The Morgan fingerprint density at radius 1 is 0.773 bits per heavy atom. The first-order valence-electron chi connectivity index (χ1n) is 6.90. The van der Waals surface area contributed by atoms with Crippen molar-refractivity contribution >= 4 is 5.97 Å². The van der Waals surface area contributed by atoms with E-state index in [4.69, 9.17) is 4.74 Å². The smallest absolute Gasteiger partial charge is 0.343 e. The van der Waals surface area contributed by atoms with Crippen molar-refractivity contribution in [2.75, 3.05) is 0 Å². The molecule has 0 aliphatic heterocycles. The van der Waals surface area contributed by atoms with Crippen molar-refractivity contribution in [1.29, 1.82) is 0 Å². The maximum atomic E-state index is 12.1. The van der Waals surface area contributed by atoms with E-state index in [1.54, 1.807) is 42.5 Å². The summed E-state index contributed by atoms with van der Waals surface area (Å²) in [7, 11) is 0. The highest BCUT2D eigenvalue weighted by Gasteiger charge is 2.14. The molecule has 3 heteroatoms. The third-order valence-corrected chi connectivity index (χ3v) is 3.30. The van der Waals surface area contributed by atoms with Crippen LogP contribution in [0.1, 0.15) is 10.4 Å². The van der Waals surface area contributed by atoms with Gasteiger partial charge >= 0.3 is 5.97 Å². The Kier molecular flexibility index (Phi) is 3.88. The maximum Gasteiger partial charge on any atom is 0.343 e. The second-order valence-corrected chi connectivity index (χ2v) is 4.77. The first-order valence-corrected chi connectivity index (χ1v) is 6.90. The van der Waals surface area contributed by atoms with Gasteiger partial charge in [-0.3, -0.25) is 0 Å². The van der Waals surface area contributed by atoms with Gasteiger partial charge in [0.2, 0.25) is 0 Å². The van der Waals surface area contributed by atoms with Gasteiger partial charge in [0.05, 0.1) is 5.56 Å². The Morgan fingerprint density at radius 3 is 2.09 bits per heavy atom. The zero-order valence-corrected chi connectivity index (χ0v) is 11.8. The minimum absolute atomic E-state index is 0.0435. The highest BCUT2D eigenvalue weighted by molar-refractivity contribution is 5.91. The van der Waals surface area contributed by atoms with E-state index in [1.807, 2.05) is 36.4 Å². The summed E-state index contributed by atoms with van der Waals surface area (Å²) in [6.45, 7) is 0. The molecule has 0 amide bonds. The number of para-hydroxylation sites is 1. The number of phenolic OH excluding ortho intramolecular Hbond substituents is 1. The Hall–Kier alpha value is -3.07. The van der Waals surface area contributed by atoms with Gasteiger partial charge in [-0.25, -0.2) is 4.79 Å². The molecule has 0 aromatic heterocycles. The number of rotatable bonds is 3. The molecular weight excluding hydrogens is 276 g/mol. The molecule has 3 aromatic rings. The number of benzene rings is 3. The predicted molar refractivity (Wildman–Crippen MR) is 84.9 cm³/mol. The number of hydrogen-bond donors (Lipinski definition) is 1. The van der Waals surface area contributed by atoms with E-state index in [2.05, 4.69) is 0 Å². The largest absolute Gasteiger partial charge is 0.504 e. The molecule has 3 rings (SSSR count). The van der Waals surface area contributed by atoms with Crippen molar-refractivity contribution < 1.29 is 14.6 Å². The molecule has 0 atom stereocenters.